The van der Waals surface area contributed by atoms with Crippen molar-refractivity contribution in [3.8, 4) is 0 Å². The molecule has 0 atom stereocenters. The van der Waals surface area contributed by atoms with Crippen LogP contribution in [0.2, 0.25) is 0 Å². The molecule has 0 N–H and O–H groups in total. The maximum Gasteiger partial charge on any atom is 0.509 e. The van der Waals surface area contributed by atoms with E-state index in [1.54, 1.807) is 12.1 Å². The quantitative estimate of drug-likeness (QED) is 0.703. The molecule has 1 aliphatic rings. The SMILES string of the molecule is F[B-](F)(F)c1ccc(/C=C\C2CCCCC2)cc1. The predicted molar refractivity (Wildman–Crippen MR) is 70.8 cm³/mol. The summed E-state index contributed by atoms with van der Waals surface area (Å²) in [6.07, 6.45) is 10.4. The third kappa shape index (κ3) is 3.65. The highest BCUT2D eigenvalue weighted by atomic mass is 19.4. The summed E-state index contributed by atoms with van der Waals surface area (Å²) in [6, 6.07) is 5.43. The summed E-state index contributed by atoms with van der Waals surface area (Å²) in [6.45, 7) is -4.87. The van der Waals surface area contributed by atoms with Crippen LogP contribution in [0.25, 0.3) is 6.08 Å². The van der Waals surface area contributed by atoms with Crippen LogP contribution in [0.5, 0.6) is 0 Å². The van der Waals surface area contributed by atoms with Gasteiger partial charge in [-0.15, -0.1) is 5.46 Å². The molecule has 0 nitrogen and oxygen atoms in total. The minimum absolute atomic E-state index is 0.523. The average Bonchev–Trinajstić information content (AvgIpc) is 2.37. The van der Waals surface area contributed by atoms with Gasteiger partial charge in [0.15, 0.2) is 0 Å². The molecule has 18 heavy (non-hydrogen) atoms. The zero-order valence-corrected chi connectivity index (χ0v) is 10.3. The average molecular weight is 253 g/mol. The Bertz CT molecular complexity index is 400. The highest BCUT2D eigenvalue weighted by Gasteiger charge is 2.24. The zero-order valence-electron chi connectivity index (χ0n) is 10.3. The van der Waals surface area contributed by atoms with E-state index in [0.29, 0.717) is 5.92 Å². The molecule has 4 heteroatoms. The fourth-order valence-electron chi connectivity index (χ4n) is 2.40. The van der Waals surface area contributed by atoms with Gasteiger partial charge in [-0.2, -0.15) is 0 Å². The van der Waals surface area contributed by atoms with Gasteiger partial charge in [0.2, 0.25) is 0 Å². The maximum absolute atomic E-state index is 12.4. The topological polar surface area (TPSA) is 0 Å². The van der Waals surface area contributed by atoms with E-state index < -0.39 is 12.4 Å². The van der Waals surface area contributed by atoms with Crippen molar-refractivity contribution in [3.05, 3.63) is 35.9 Å². The summed E-state index contributed by atoms with van der Waals surface area (Å²) < 4.78 is 37.3. The van der Waals surface area contributed by atoms with Crippen LogP contribution in [0, 0.1) is 5.92 Å². The number of benzene rings is 1. The fourth-order valence-corrected chi connectivity index (χ4v) is 2.40. The highest BCUT2D eigenvalue weighted by molar-refractivity contribution is 6.73. The second-order valence-electron chi connectivity index (χ2n) is 5.00. The van der Waals surface area contributed by atoms with E-state index in [4.69, 9.17) is 0 Å². The molecule has 0 radical (unpaired) electrons. The normalized spacial score (nSPS) is 18.4. The van der Waals surface area contributed by atoms with Gasteiger partial charge in [0.25, 0.3) is 0 Å². The fraction of sp³-hybridized carbons (Fsp3) is 0.429. The molecule has 1 saturated carbocycles. The van der Waals surface area contributed by atoms with Gasteiger partial charge < -0.3 is 12.9 Å². The van der Waals surface area contributed by atoms with Gasteiger partial charge in [-0.25, -0.2) is 0 Å². The number of halogens is 3. The predicted octanol–water partition coefficient (Wildman–Crippen LogP) is 4.33. The van der Waals surface area contributed by atoms with Crippen molar-refractivity contribution < 1.29 is 12.9 Å². The third-order valence-electron chi connectivity index (χ3n) is 3.53. The molecule has 0 amide bonds. The largest absolute Gasteiger partial charge is 0.509 e. The van der Waals surface area contributed by atoms with E-state index in [-0.39, 0.29) is 0 Å². The second kappa shape index (κ2) is 5.64. The van der Waals surface area contributed by atoms with Crippen molar-refractivity contribution in [1.82, 2.24) is 0 Å². The number of allylic oxidation sites excluding steroid dienone is 1. The summed E-state index contributed by atoms with van der Waals surface area (Å²) in [5.74, 6) is 0.602. The lowest BCUT2D eigenvalue weighted by molar-refractivity contribution is 0.420. The second-order valence-corrected chi connectivity index (χ2v) is 5.00. The van der Waals surface area contributed by atoms with E-state index in [1.807, 2.05) is 6.08 Å². The Kier molecular flexibility index (Phi) is 4.15. The molecule has 0 aliphatic heterocycles. The monoisotopic (exact) mass is 253 g/mol. The Labute approximate surface area is 106 Å². The summed E-state index contributed by atoms with van der Waals surface area (Å²) >= 11 is 0. The van der Waals surface area contributed by atoms with E-state index in [9.17, 15) is 12.9 Å². The van der Waals surface area contributed by atoms with Crippen molar-refractivity contribution in [1.29, 1.82) is 0 Å². The molecule has 0 bridgehead atoms. The Balaban J connectivity index is 1.99. The summed E-state index contributed by atoms with van der Waals surface area (Å²) in [7, 11) is 0. The Morgan fingerprint density at radius 3 is 2.11 bits per heavy atom. The van der Waals surface area contributed by atoms with Crippen LogP contribution in [-0.2, 0) is 0 Å². The minimum Gasteiger partial charge on any atom is -0.445 e. The molecule has 1 aliphatic carbocycles. The van der Waals surface area contributed by atoms with Gasteiger partial charge in [-0.05, 0) is 24.3 Å². The van der Waals surface area contributed by atoms with E-state index >= 15 is 0 Å². The summed E-state index contributed by atoms with van der Waals surface area (Å²) in [4.78, 5) is 0. The van der Waals surface area contributed by atoms with Crippen molar-refractivity contribution in [2.45, 2.75) is 32.1 Å². The first kappa shape index (κ1) is 13.3. The molecule has 98 valence electrons. The maximum atomic E-state index is 12.4. The van der Waals surface area contributed by atoms with Gasteiger partial charge >= 0.3 is 6.98 Å². The first-order chi connectivity index (χ1) is 8.55. The minimum atomic E-state index is -4.87. The third-order valence-corrected chi connectivity index (χ3v) is 3.53. The number of hydrogen-bond donors (Lipinski definition) is 0. The van der Waals surface area contributed by atoms with Crippen LogP contribution in [0.3, 0.4) is 0 Å². The van der Waals surface area contributed by atoms with Gasteiger partial charge in [-0.1, -0.05) is 55.7 Å². The first-order valence-electron chi connectivity index (χ1n) is 6.54. The molecule has 0 heterocycles. The van der Waals surface area contributed by atoms with Crippen LogP contribution >= 0.6 is 0 Å². The van der Waals surface area contributed by atoms with Gasteiger partial charge in [0.05, 0.1) is 0 Å². The van der Waals surface area contributed by atoms with Gasteiger partial charge in [0.1, 0.15) is 0 Å². The Morgan fingerprint density at radius 2 is 1.56 bits per heavy atom. The van der Waals surface area contributed by atoms with Crippen LogP contribution in [0.4, 0.5) is 12.9 Å². The van der Waals surface area contributed by atoms with Crippen LogP contribution < -0.4 is 5.46 Å². The van der Waals surface area contributed by atoms with Gasteiger partial charge in [0, 0.05) is 0 Å². The first-order valence-corrected chi connectivity index (χ1v) is 6.54. The lowest BCUT2D eigenvalue weighted by Gasteiger charge is -2.18. The van der Waals surface area contributed by atoms with Crippen molar-refractivity contribution in [2.24, 2.45) is 5.92 Å². The molecule has 2 rings (SSSR count). The standard InChI is InChI=1S/C14H17BF3/c16-15(17,18)14-10-8-13(9-11-14)7-6-12-4-2-1-3-5-12/h6-12H,1-5H2/q-1/b7-6-. The molecular formula is C14H17BF3-. The van der Waals surface area contributed by atoms with Gasteiger partial charge in [-0.3, -0.25) is 0 Å². The molecule has 1 fully saturated rings. The van der Waals surface area contributed by atoms with E-state index in [2.05, 4.69) is 6.08 Å². The number of hydrogen-bond acceptors (Lipinski definition) is 0. The molecule has 0 saturated heterocycles. The van der Waals surface area contributed by atoms with Crippen molar-refractivity contribution >= 4 is 18.5 Å². The summed E-state index contributed by atoms with van der Waals surface area (Å²) in [5, 5.41) is 0. The van der Waals surface area contributed by atoms with E-state index in [1.165, 1.54) is 44.2 Å². The van der Waals surface area contributed by atoms with Crippen LogP contribution in [-0.4, -0.2) is 6.98 Å². The Hall–Kier alpha value is -1.19. The smallest absolute Gasteiger partial charge is 0.445 e. The highest BCUT2D eigenvalue weighted by Crippen LogP contribution is 2.25. The van der Waals surface area contributed by atoms with Crippen molar-refractivity contribution in [3.63, 3.8) is 0 Å². The zero-order chi connectivity index (χ0) is 13.0. The lowest BCUT2D eigenvalue weighted by Crippen LogP contribution is -2.33. The van der Waals surface area contributed by atoms with Crippen molar-refractivity contribution in [2.75, 3.05) is 0 Å². The molecule has 1 aromatic rings. The number of rotatable bonds is 3. The molecular weight excluding hydrogens is 236 g/mol. The van der Waals surface area contributed by atoms with Crippen LogP contribution in [0.15, 0.2) is 30.3 Å². The molecule has 1 aromatic carbocycles. The Morgan fingerprint density at radius 1 is 0.944 bits per heavy atom. The molecule has 0 spiro atoms. The molecule has 0 unspecified atom stereocenters. The van der Waals surface area contributed by atoms with Crippen LogP contribution in [0.1, 0.15) is 37.7 Å². The molecule has 0 aromatic heterocycles. The van der Waals surface area contributed by atoms with E-state index in [0.717, 1.165) is 5.56 Å². The lowest BCUT2D eigenvalue weighted by atomic mass is 9.80. The summed E-state index contributed by atoms with van der Waals surface area (Å²) in [5.41, 5.74) is 0.328.